The van der Waals surface area contributed by atoms with E-state index in [0.717, 1.165) is 18.5 Å². The molecule has 4 heteroatoms. The van der Waals surface area contributed by atoms with Crippen molar-refractivity contribution < 1.29 is 9.90 Å². The Bertz CT molecular complexity index is 445. The molecule has 0 radical (unpaired) electrons. The van der Waals surface area contributed by atoms with Crippen LogP contribution in [0.25, 0.3) is 0 Å². The van der Waals surface area contributed by atoms with E-state index in [1.54, 1.807) is 7.05 Å². The van der Waals surface area contributed by atoms with Gasteiger partial charge in [0.05, 0.1) is 0 Å². The van der Waals surface area contributed by atoms with Crippen molar-refractivity contribution in [3.05, 3.63) is 29.3 Å². The number of fused-ring (bicyclic) bond motifs is 1. The summed E-state index contributed by atoms with van der Waals surface area (Å²) in [5.41, 5.74) is 8.83. The molecule has 98 valence electrons. The smallest absolute Gasteiger partial charge is 0.256 e. The number of aliphatic hydroxyl groups excluding tert-OH is 1. The largest absolute Gasteiger partial charge is 0.382 e. The number of carbonyl (C=O) groups excluding carboxylic acids is 1. The predicted octanol–water partition coefficient (Wildman–Crippen LogP) is 0.848. The van der Waals surface area contributed by atoms with Crippen molar-refractivity contribution in [2.45, 2.75) is 31.8 Å². The zero-order chi connectivity index (χ0) is 13.1. The van der Waals surface area contributed by atoms with Gasteiger partial charge in [-0.05, 0) is 48.9 Å². The Morgan fingerprint density at radius 3 is 2.72 bits per heavy atom. The summed E-state index contributed by atoms with van der Waals surface area (Å²) in [7, 11) is 1.67. The fourth-order valence-corrected chi connectivity index (χ4v) is 2.38. The van der Waals surface area contributed by atoms with Gasteiger partial charge in [-0.15, -0.1) is 0 Å². The number of likely N-dealkylation sites (N-methyl/N-ethyl adjacent to an activating group) is 1. The Morgan fingerprint density at radius 2 is 2.06 bits per heavy atom. The highest BCUT2D eigenvalue weighted by Crippen LogP contribution is 2.25. The van der Waals surface area contributed by atoms with Crippen LogP contribution in [0.1, 0.15) is 24.0 Å². The number of anilines is 1. The number of nitrogens with zero attached hydrogens (tertiary/aromatic N) is 1. The van der Waals surface area contributed by atoms with E-state index < -0.39 is 6.10 Å². The number of hydrogen-bond donors (Lipinski definition) is 2. The standard InChI is InChI=1S/C14H20N2O2/c1-16(14(18)13(17)9-15)12-7-6-10-4-2-3-5-11(10)8-12/h6-8,13,17H,2-5,9,15H2,1H3. The fraction of sp³-hybridized carbons (Fsp3) is 0.500. The van der Waals surface area contributed by atoms with Crippen molar-refractivity contribution in [2.24, 2.45) is 5.73 Å². The first kappa shape index (κ1) is 13.1. The lowest BCUT2D eigenvalue weighted by molar-refractivity contribution is -0.125. The molecule has 0 fully saturated rings. The summed E-state index contributed by atoms with van der Waals surface area (Å²) in [6.45, 7) is -0.0475. The van der Waals surface area contributed by atoms with Crippen LogP contribution in [-0.4, -0.2) is 30.7 Å². The van der Waals surface area contributed by atoms with Crippen molar-refractivity contribution in [3.63, 3.8) is 0 Å². The van der Waals surface area contributed by atoms with Crippen LogP contribution in [0, 0.1) is 0 Å². The second-order valence-electron chi connectivity index (χ2n) is 4.81. The summed E-state index contributed by atoms with van der Waals surface area (Å²) in [5, 5.41) is 9.48. The van der Waals surface area contributed by atoms with Gasteiger partial charge in [-0.25, -0.2) is 0 Å². The number of hydrogen-bond acceptors (Lipinski definition) is 3. The van der Waals surface area contributed by atoms with Crippen LogP contribution in [0.15, 0.2) is 18.2 Å². The molecule has 0 aliphatic heterocycles. The van der Waals surface area contributed by atoms with E-state index in [-0.39, 0.29) is 12.5 Å². The van der Waals surface area contributed by atoms with Gasteiger partial charge in [0.15, 0.2) is 0 Å². The Balaban J connectivity index is 2.20. The van der Waals surface area contributed by atoms with Crippen LogP contribution in [0.3, 0.4) is 0 Å². The number of aryl methyl sites for hydroxylation is 2. The second kappa shape index (κ2) is 5.50. The van der Waals surface area contributed by atoms with E-state index in [4.69, 9.17) is 5.73 Å². The summed E-state index contributed by atoms with van der Waals surface area (Å²) in [4.78, 5) is 13.3. The van der Waals surface area contributed by atoms with Crippen LogP contribution in [0.4, 0.5) is 5.69 Å². The fourth-order valence-electron chi connectivity index (χ4n) is 2.38. The van der Waals surface area contributed by atoms with Gasteiger partial charge in [0.25, 0.3) is 5.91 Å². The van der Waals surface area contributed by atoms with Crippen molar-refractivity contribution in [1.29, 1.82) is 0 Å². The highest BCUT2D eigenvalue weighted by molar-refractivity contribution is 5.96. The molecular weight excluding hydrogens is 228 g/mol. The van der Waals surface area contributed by atoms with Crippen LogP contribution >= 0.6 is 0 Å². The Kier molecular flexibility index (Phi) is 3.99. The van der Waals surface area contributed by atoms with Gasteiger partial charge in [-0.2, -0.15) is 0 Å². The van der Waals surface area contributed by atoms with Gasteiger partial charge in [-0.1, -0.05) is 6.07 Å². The first-order valence-electron chi connectivity index (χ1n) is 6.41. The molecule has 0 saturated carbocycles. The molecule has 0 bridgehead atoms. The Labute approximate surface area is 107 Å². The van der Waals surface area contributed by atoms with Gasteiger partial charge >= 0.3 is 0 Å². The molecule has 1 aliphatic carbocycles. The highest BCUT2D eigenvalue weighted by Gasteiger charge is 2.20. The summed E-state index contributed by atoms with van der Waals surface area (Å²) in [6, 6.07) is 6.07. The molecule has 1 aromatic carbocycles. The topological polar surface area (TPSA) is 66.6 Å². The molecule has 4 nitrogen and oxygen atoms in total. The zero-order valence-electron chi connectivity index (χ0n) is 10.7. The molecule has 2 rings (SSSR count). The minimum atomic E-state index is -1.12. The molecule has 0 spiro atoms. The summed E-state index contributed by atoms with van der Waals surface area (Å²) >= 11 is 0. The summed E-state index contributed by atoms with van der Waals surface area (Å²) in [5.74, 6) is -0.353. The number of rotatable bonds is 3. The molecule has 3 N–H and O–H groups in total. The highest BCUT2D eigenvalue weighted by atomic mass is 16.3. The molecule has 0 saturated heterocycles. The van der Waals surface area contributed by atoms with Crippen molar-refractivity contribution in [2.75, 3.05) is 18.5 Å². The average molecular weight is 248 g/mol. The van der Waals surface area contributed by atoms with E-state index in [2.05, 4.69) is 12.1 Å². The molecule has 18 heavy (non-hydrogen) atoms. The number of amides is 1. The van der Waals surface area contributed by atoms with E-state index >= 15 is 0 Å². The minimum Gasteiger partial charge on any atom is -0.382 e. The molecule has 1 amide bonds. The quantitative estimate of drug-likeness (QED) is 0.833. The monoisotopic (exact) mass is 248 g/mol. The van der Waals surface area contributed by atoms with Gasteiger partial charge < -0.3 is 15.7 Å². The number of benzene rings is 1. The third-order valence-electron chi connectivity index (χ3n) is 3.56. The van der Waals surface area contributed by atoms with Gasteiger partial charge in [0.2, 0.25) is 0 Å². The van der Waals surface area contributed by atoms with Crippen molar-refractivity contribution >= 4 is 11.6 Å². The summed E-state index contributed by atoms with van der Waals surface area (Å²) < 4.78 is 0. The number of carbonyl (C=O) groups is 1. The molecule has 1 aliphatic rings. The zero-order valence-corrected chi connectivity index (χ0v) is 10.7. The van der Waals surface area contributed by atoms with E-state index in [1.807, 2.05) is 6.07 Å². The first-order chi connectivity index (χ1) is 8.63. The van der Waals surface area contributed by atoms with E-state index in [9.17, 15) is 9.90 Å². The van der Waals surface area contributed by atoms with Crippen LogP contribution < -0.4 is 10.6 Å². The van der Waals surface area contributed by atoms with Crippen LogP contribution in [0.2, 0.25) is 0 Å². The predicted molar refractivity (Wildman–Crippen MR) is 71.6 cm³/mol. The van der Waals surface area contributed by atoms with Gasteiger partial charge in [0.1, 0.15) is 6.10 Å². The lowest BCUT2D eigenvalue weighted by atomic mass is 9.91. The second-order valence-corrected chi connectivity index (χ2v) is 4.81. The maximum absolute atomic E-state index is 11.8. The molecule has 1 aromatic rings. The van der Waals surface area contributed by atoms with Crippen molar-refractivity contribution in [1.82, 2.24) is 0 Å². The van der Waals surface area contributed by atoms with Gasteiger partial charge in [-0.3, -0.25) is 4.79 Å². The first-order valence-corrected chi connectivity index (χ1v) is 6.41. The number of nitrogens with two attached hydrogens (primary N) is 1. The Morgan fingerprint density at radius 1 is 1.39 bits per heavy atom. The SMILES string of the molecule is CN(C(=O)C(O)CN)c1ccc2c(c1)CCCC2. The average Bonchev–Trinajstić information content (AvgIpc) is 2.44. The Hall–Kier alpha value is -1.39. The van der Waals surface area contributed by atoms with Gasteiger partial charge in [0, 0.05) is 19.3 Å². The molecule has 0 aromatic heterocycles. The van der Waals surface area contributed by atoms with E-state index in [0.29, 0.717) is 0 Å². The van der Waals surface area contributed by atoms with E-state index in [1.165, 1.54) is 28.9 Å². The third kappa shape index (κ3) is 2.54. The normalized spacial score (nSPS) is 15.9. The minimum absolute atomic E-state index is 0.0475. The lowest BCUT2D eigenvalue weighted by Gasteiger charge is -2.23. The molecule has 1 atom stereocenters. The van der Waals surface area contributed by atoms with Crippen LogP contribution in [0.5, 0.6) is 0 Å². The molecule has 1 unspecified atom stereocenters. The summed E-state index contributed by atoms with van der Waals surface area (Å²) in [6.07, 6.45) is 3.53. The number of aliphatic hydroxyl groups is 1. The van der Waals surface area contributed by atoms with Crippen LogP contribution in [-0.2, 0) is 17.6 Å². The maximum atomic E-state index is 11.8. The lowest BCUT2D eigenvalue weighted by Crippen LogP contribution is -2.40. The third-order valence-corrected chi connectivity index (χ3v) is 3.56. The maximum Gasteiger partial charge on any atom is 0.256 e. The van der Waals surface area contributed by atoms with Crippen molar-refractivity contribution in [3.8, 4) is 0 Å². The molecular formula is C14H20N2O2. The molecule has 0 heterocycles.